The molecule has 0 aromatic rings. The standard InChI is InChI=1S/C15H29NO5/c1-14(2,3)21-13(19)16-8-4-12(5-9-16)15(20,6-10-17)7-11-18/h12,17-18,20H,4-11H2,1-3H3. The lowest BCUT2D eigenvalue weighted by Gasteiger charge is -2.41. The second kappa shape index (κ2) is 7.42. The van der Waals surface area contributed by atoms with Crippen molar-refractivity contribution >= 4 is 6.09 Å². The highest BCUT2D eigenvalue weighted by atomic mass is 16.6. The van der Waals surface area contributed by atoms with Crippen molar-refractivity contribution in [2.45, 2.75) is 57.7 Å². The van der Waals surface area contributed by atoms with Crippen molar-refractivity contribution in [1.29, 1.82) is 0 Å². The molecule has 0 saturated carbocycles. The monoisotopic (exact) mass is 303 g/mol. The lowest BCUT2D eigenvalue weighted by atomic mass is 9.76. The zero-order valence-electron chi connectivity index (χ0n) is 13.3. The van der Waals surface area contributed by atoms with Crippen LogP contribution in [0.5, 0.6) is 0 Å². The first-order valence-electron chi connectivity index (χ1n) is 7.64. The summed E-state index contributed by atoms with van der Waals surface area (Å²) in [5.41, 5.74) is -1.56. The van der Waals surface area contributed by atoms with Gasteiger partial charge in [-0.2, -0.15) is 0 Å². The summed E-state index contributed by atoms with van der Waals surface area (Å²) in [7, 11) is 0. The van der Waals surface area contributed by atoms with Crippen LogP contribution >= 0.6 is 0 Å². The molecular formula is C15H29NO5. The summed E-state index contributed by atoms with van der Waals surface area (Å²) in [5, 5.41) is 28.8. The Balaban J connectivity index is 2.56. The number of rotatable bonds is 5. The Morgan fingerprint density at radius 1 is 1.14 bits per heavy atom. The highest BCUT2D eigenvalue weighted by molar-refractivity contribution is 5.68. The van der Waals surface area contributed by atoms with Crippen molar-refractivity contribution in [2.24, 2.45) is 5.92 Å². The molecule has 1 amide bonds. The van der Waals surface area contributed by atoms with Gasteiger partial charge in [0.25, 0.3) is 0 Å². The molecule has 6 nitrogen and oxygen atoms in total. The SMILES string of the molecule is CC(C)(C)OC(=O)N1CCC(C(O)(CCO)CCO)CC1. The third kappa shape index (κ3) is 5.45. The summed E-state index contributed by atoms with van der Waals surface area (Å²) in [6, 6.07) is 0. The van der Waals surface area contributed by atoms with Crippen LogP contribution in [0.15, 0.2) is 0 Å². The maximum atomic E-state index is 12.0. The van der Waals surface area contributed by atoms with Gasteiger partial charge >= 0.3 is 6.09 Å². The Labute approximate surface area is 126 Å². The summed E-state index contributed by atoms with van der Waals surface area (Å²) < 4.78 is 5.34. The number of hydrogen-bond donors (Lipinski definition) is 3. The molecule has 1 aliphatic rings. The highest BCUT2D eigenvalue weighted by Crippen LogP contribution is 2.33. The molecule has 0 aromatic carbocycles. The molecule has 3 N–H and O–H groups in total. The maximum Gasteiger partial charge on any atom is 0.410 e. The summed E-state index contributed by atoms with van der Waals surface area (Å²) in [5.74, 6) is -0.0181. The van der Waals surface area contributed by atoms with E-state index in [2.05, 4.69) is 0 Å². The number of hydrogen-bond acceptors (Lipinski definition) is 5. The fraction of sp³-hybridized carbons (Fsp3) is 0.933. The Kier molecular flexibility index (Phi) is 6.43. The predicted octanol–water partition coefficient (Wildman–Crippen LogP) is 1.13. The number of likely N-dealkylation sites (tertiary alicyclic amines) is 1. The van der Waals surface area contributed by atoms with Crippen LogP contribution in [0.2, 0.25) is 0 Å². The third-order valence-electron chi connectivity index (χ3n) is 4.00. The number of piperidine rings is 1. The van der Waals surface area contributed by atoms with Gasteiger partial charge < -0.3 is 25.0 Å². The van der Waals surface area contributed by atoms with Crippen LogP contribution < -0.4 is 0 Å². The van der Waals surface area contributed by atoms with E-state index in [4.69, 9.17) is 14.9 Å². The second-order valence-electron chi connectivity index (χ2n) is 6.79. The van der Waals surface area contributed by atoms with Crippen LogP contribution in [-0.4, -0.2) is 63.8 Å². The molecule has 0 bridgehead atoms. The minimum absolute atomic E-state index is 0.0181. The van der Waals surface area contributed by atoms with Gasteiger partial charge in [-0.15, -0.1) is 0 Å². The first-order valence-corrected chi connectivity index (χ1v) is 7.64. The molecule has 0 radical (unpaired) electrons. The highest BCUT2D eigenvalue weighted by Gasteiger charge is 2.39. The van der Waals surface area contributed by atoms with Crippen LogP contribution in [-0.2, 0) is 4.74 Å². The smallest absolute Gasteiger partial charge is 0.410 e. The molecule has 0 aliphatic carbocycles. The normalized spacial score (nSPS) is 17.9. The summed E-state index contributed by atoms with van der Waals surface area (Å²) in [6.45, 7) is 6.33. The molecule has 1 fully saturated rings. The van der Waals surface area contributed by atoms with Gasteiger partial charge in [0.2, 0.25) is 0 Å². The molecule has 0 aromatic heterocycles. The van der Waals surface area contributed by atoms with Crippen LogP contribution in [0.3, 0.4) is 0 Å². The minimum Gasteiger partial charge on any atom is -0.444 e. The first-order chi connectivity index (χ1) is 9.72. The zero-order valence-corrected chi connectivity index (χ0v) is 13.3. The van der Waals surface area contributed by atoms with Gasteiger partial charge in [-0.25, -0.2) is 4.79 Å². The number of nitrogens with zero attached hydrogens (tertiary/aromatic N) is 1. The van der Waals surface area contributed by atoms with Crippen molar-refractivity contribution in [2.75, 3.05) is 26.3 Å². The fourth-order valence-corrected chi connectivity index (χ4v) is 2.85. The van der Waals surface area contributed by atoms with Crippen molar-refractivity contribution in [3.8, 4) is 0 Å². The predicted molar refractivity (Wildman–Crippen MR) is 78.9 cm³/mol. The second-order valence-corrected chi connectivity index (χ2v) is 6.79. The average Bonchev–Trinajstić information content (AvgIpc) is 2.37. The van der Waals surface area contributed by atoms with E-state index in [0.717, 1.165) is 0 Å². The molecule has 0 spiro atoms. The quantitative estimate of drug-likeness (QED) is 0.708. The van der Waals surface area contributed by atoms with Crippen LogP contribution in [0, 0.1) is 5.92 Å². The molecule has 0 unspecified atom stereocenters. The summed E-state index contributed by atoms with van der Waals surface area (Å²) in [6.07, 6.45) is 1.48. The Morgan fingerprint density at radius 3 is 2.00 bits per heavy atom. The van der Waals surface area contributed by atoms with Gasteiger partial charge in [-0.3, -0.25) is 0 Å². The van der Waals surface area contributed by atoms with Gasteiger partial charge in [0, 0.05) is 26.3 Å². The Morgan fingerprint density at radius 2 is 1.62 bits per heavy atom. The van der Waals surface area contributed by atoms with Gasteiger partial charge in [-0.1, -0.05) is 0 Å². The van der Waals surface area contributed by atoms with Crippen LogP contribution in [0.4, 0.5) is 4.79 Å². The molecule has 1 aliphatic heterocycles. The van der Waals surface area contributed by atoms with E-state index in [1.54, 1.807) is 4.90 Å². The number of aliphatic hydroxyl groups is 3. The van der Waals surface area contributed by atoms with Crippen molar-refractivity contribution < 1.29 is 24.9 Å². The van der Waals surface area contributed by atoms with Gasteiger partial charge in [0.1, 0.15) is 5.60 Å². The van der Waals surface area contributed by atoms with E-state index in [0.29, 0.717) is 25.9 Å². The molecule has 21 heavy (non-hydrogen) atoms. The Bertz CT molecular complexity index is 325. The minimum atomic E-state index is -1.05. The average molecular weight is 303 g/mol. The van der Waals surface area contributed by atoms with E-state index in [1.807, 2.05) is 20.8 Å². The topological polar surface area (TPSA) is 90.2 Å². The van der Waals surface area contributed by atoms with Crippen molar-refractivity contribution in [1.82, 2.24) is 4.90 Å². The van der Waals surface area contributed by atoms with E-state index >= 15 is 0 Å². The lowest BCUT2D eigenvalue weighted by molar-refractivity contribution is -0.0735. The molecule has 1 heterocycles. The van der Waals surface area contributed by atoms with Gasteiger partial charge in [-0.05, 0) is 52.4 Å². The fourth-order valence-electron chi connectivity index (χ4n) is 2.85. The molecule has 1 saturated heterocycles. The van der Waals surface area contributed by atoms with Crippen LogP contribution in [0.25, 0.3) is 0 Å². The van der Waals surface area contributed by atoms with Crippen molar-refractivity contribution in [3.05, 3.63) is 0 Å². The number of aliphatic hydroxyl groups excluding tert-OH is 2. The molecule has 124 valence electrons. The van der Waals surface area contributed by atoms with E-state index in [9.17, 15) is 9.90 Å². The lowest BCUT2D eigenvalue weighted by Crippen LogP contribution is -2.48. The summed E-state index contributed by atoms with van der Waals surface area (Å²) in [4.78, 5) is 13.6. The van der Waals surface area contributed by atoms with Gasteiger partial charge in [0.05, 0.1) is 5.60 Å². The maximum absolute atomic E-state index is 12.0. The molecule has 0 atom stereocenters. The van der Waals surface area contributed by atoms with E-state index < -0.39 is 11.2 Å². The molecule has 6 heteroatoms. The number of ether oxygens (including phenoxy) is 1. The van der Waals surface area contributed by atoms with Gasteiger partial charge in [0.15, 0.2) is 0 Å². The molecule has 1 rings (SSSR count). The molecular weight excluding hydrogens is 274 g/mol. The third-order valence-corrected chi connectivity index (χ3v) is 4.00. The van der Waals surface area contributed by atoms with E-state index in [-0.39, 0.29) is 38.1 Å². The summed E-state index contributed by atoms with van der Waals surface area (Å²) >= 11 is 0. The Hall–Kier alpha value is -0.850. The number of carbonyl (C=O) groups is 1. The number of carbonyl (C=O) groups excluding carboxylic acids is 1. The first kappa shape index (κ1) is 18.2. The van der Waals surface area contributed by atoms with Crippen LogP contribution in [0.1, 0.15) is 46.5 Å². The van der Waals surface area contributed by atoms with Crippen molar-refractivity contribution in [3.63, 3.8) is 0 Å². The number of amides is 1. The van der Waals surface area contributed by atoms with E-state index in [1.165, 1.54) is 0 Å². The largest absolute Gasteiger partial charge is 0.444 e. The zero-order chi connectivity index (χ0) is 16.1.